The van der Waals surface area contributed by atoms with Crippen molar-refractivity contribution in [3.63, 3.8) is 0 Å². The van der Waals surface area contributed by atoms with Crippen LogP contribution in [0.2, 0.25) is 0 Å². The number of aromatic nitrogens is 2. The van der Waals surface area contributed by atoms with E-state index in [1.54, 1.807) is 0 Å². The van der Waals surface area contributed by atoms with Gasteiger partial charge >= 0.3 is 0 Å². The summed E-state index contributed by atoms with van der Waals surface area (Å²) >= 11 is 0. The SMILES string of the molecule is Cc1ccccc1C1(c2nc(C3(N)CCC3)no2)CC1.Cl. The molecular formula is C16H20ClN3O. The van der Waals surface area contributed by atoms with Crippen molar-refractivity contribution >= 4 is 12.4 Å². The molecule has 5 heteroatoms. The highest BCUT2D eigenvalue weighted by molar-refractivity contribution is 5.85. The van der Waals surface area contributed by atoms with Gasteiger partial charge in [-0.15, -0.1) is 12.4 Å². The quantitative estimate of drug-likeness (QED) is 0.945. The van der Waals surface area contributed by atoms with E-state index in [4.69, 9.17) is 10.3 Å². The Labute approximate surface area is 130 Å². The Bertz CT molecular complexity index is 659. The van der Waals surface area contributed by atoms with Crippen LogP contribution in [-0.2, 0) is 11.0 Å². The predicted octanol–water partition coefficient (Wildman–Crippen LogP) is 3.22. The van der Waals surface area contributed by atoms with Gasteiger partial charge in [0.2, 0.25) is 5.89 Å². The molecule has 2 aliphatic rings. The van der Waals surface area contributed by atoms with E-state index in [1.807, 2.05) is 0 Å². The molecular weight excluding hydrogens is 286 g/mol. The molecule has 0 spiro atoms. The average molecular weight is 306 g/mol. The number of aryl methyl sites for hydroxylation is 1. The maximum Gasteiger partial charge on any atom is 0.237 e. The predicted molar refractivity (Wildman–Crippen MR) is 82.5 cm³/mol. The van der Waals surface area contributed by atoms with Crippen LogP contribution in [0.4, 0.5) is 0 Å². The molecule has 1 aromatic carbocycles. The van der Waals surface area contributed by atoms with Gasteiger partial charge in [0.1, 0.15) is 0 Å². The second-order valence-electron chi connectivity index (χ2n) is 6.33. The molecule has 0 radical (unpaired) electrons. The lowest BCUT2D eigenvalue weighted by Crippen LogP contribution is -2.44. The summed E-state index contributed by atoms with van der Waals surface area (Å²) in [6.45, 7) is 2.14. The highest BCUT2D eigenvalue weighted by Gasteiger charge is 2.52. The highest BCUT2D eigenvalue weighted by Crippen LogP contribution is 2.54. The van der Waals surface area contributed by atoms with E-state index in [2.05, 4.69) is 41.3 Å². The van der Waals surface area contributed by atoms with E-state index >= 15 is 0 Å². The number of halogens is 1. The fraction of sp³-hybridized carbons (Fsp3) is 0.500. The van der Waals surface area contributed by atoms with Crippen molar-refractivity contribution in [1.82, 2.24) is 10.1 Å². The first kappa shape index (κ1) is 14.5. The Balaban J connectivity index is 0.00000132. The van der Waals surface area contributed by atoms with Crippen molar-refractivity contribution in [2.24, 2.45) is 5.73 Å². The van der Waals surface area contributed by atoms with Gasteiger partial charge < -0.3 is 10.3 Å². The zero-order valence-electron chi connectivity index (χ0n) is 12.1. The van der Waals surface area contributed by atoms with Gasteiger partial charge in [-0.05, 0) is 50.2 Å². The first-order valence-electron chi connectivity index (χ1n) is 7.34. The third-order valence-corrected chi connectivity index (χ3v) is 4.94. The first-order valence-corrected chi connectivity index (χ1v) is 7.34. The Morgan fingerprint density at radius 2 is 1.86 bits per heavy atom. The van der Waals surface area contributed by atoms with Crippen LogP contribution in [0.5, 0.6) is 0 Å². The lowest BCUT2D eigenvalue weighted by molar-refractivity contribution is 0.228. The Morgan fingerprint density at radius 3 is 2.43 bits per heavy atom. The van der Waals surface area contributed by atoms with E-state index in [0.29, 0.717) is 5.82 Å². The molecule has 0 atom stereocenters. The fourth-order valence-corrected chi connectivity index (χ4v) is 3.23. The zero-order chi connectivity index (χ0) is 13.8. The molecule has 2 saturated carbocycles. The molecule has 4 nitrogen and oxygen atoms in total. The van der Waals surface area contributed by atoms with Gasteiger partial charge in [0.15, 0.2) is 5.82 Å². The summed E-state index contributed by atoms with van der Waals surface area (Å²) < 4.78 is 5.58. The second kappa shape index (κ2) is 4.82. The Kier molecular flexibility index (Phi) is 3.34. The maximum absolute atomic E-state index is 6.28. The van der Waals surface area contributed by atoms with E-state index < -0.39 is 0 Å². The van der Waals surface area contributed by atoms with Crippen LogP contribution in [0, 0.1) is 6.92 Å². The third kappa shape index (κ3) is 2.09. The summed E-state index contributed by atoms with van der Waals surface area (Å²) in [5, 5.41) is 4.16. The molecule has 0 amide bonds. The first-order chi connectivity index (χ1) is 9.64. The molecule has 1 aromatic heterocycles. The van der Waals surface area contributed by atoms with Crippen molar-refractivity contribution in [1.29, 1.82) is 0 Å². The van der Waals surface area contributed by atoms with Crippen LogP contribution < -0.4 is 5.73 Å². The summed E-state index contributed by atoms with van der Waals surface area (Å²) in [5.74, 6) is 1.44. The number of hydrogen-bond donors (Lipinski definition) is 1. The maximum atomic E-state index is 6.28. The van der Waals surface area contributed by atoms with E-state index in [1.165, 1.54) is 11.1 Å². The molecule has 21 heavy (non-hydrogen) atoms. The largest absolute Gasteiger partial charge is 0.338 e. The van der Waals surface area contributed by atoms with Crippen molar-refractivity contribution in [2.45, 2.75) is 50.0 Å². The number of benzene rings is 1. The minimum Gasteiger partial charge on any atom is -0.338 e. The summed E-state index contributed by atoms with van der Waals surface area (Å²) in [7, 11) is 0. The van der Waals surface area contributed by atoms with E-state index in [9.17, 15) is 0 Å². The molecule has 112 valence electrons. The smallest absolute Gasteiger partial charge is 0.237 e. The fourth-order valence-electron chi connectivity index (χ4n) is 3.23. The lowest BCUT2D eigenvalue weighted by Gasteiger charge is -2.34. The van der Waals surface area contributed by atoms with Crippen molar-refractivity contribution in [3.05, 3.63) is 47.1 Å². The Hall–Kier alpha value is -1.39. The van der Waals surface area contributed by atoms with Gasteiger partial charge in [0.05, 0.1) is 11.0 Å². The molecule has 0 unspecified atom stereocenters. The molecule has 1 heterocycles. The molecule has 0 saturated heterocycles. The molecule has 2 aliphatic carbocycles. The molecule has 2 fully saturated rings. The molecule has 2 aromatic rings. The summed E-state index contributed by atoms with van der Waals surface area (Å²) in [5.41, 5.74) is 8.48. The summed E-state index contributed by atoms with van der Waals surface area (Å²) in [6, 6.07) is 8.46. The van der Waals surface area contributed by atoms with Crippen molar-refractivity contribution < 1.29 is 4.52 Å². The average Bonchev–Trinajstić information content (AvgIpc) is 3.06. The van der Waals surface area contributed by atoms with E-state index in [0.717, 1.165) is 38.0 Å². The summed E-state index contributed by atoms with van der Waals surface area (Å²) in [6.07, 6.45) is 5.24. The Morgan fingerprint density at radius 1 is 1.14 bits per heavy atom. The highest BCUT2D eigenvalue weighted by atomic mass is 35.5. The van der Waals surface area contributed by atoms with Crippen LogP contribution in [0.1, 0.15) is 54.9 Å². The van der Waals surface area contributed by atoms with E-state index in [-0.39, 0.29) is 23.4 Å². The normalized spacial score (nSPS) is 21.2. The van der Waals surface area contributed by atoms with Crippen LogP contribution in [-0.4, -0.2) is 10.1 Å². The minimum absolute atomic E-state index is 0. The zero-order valence-corrected chi connectivity index (χ0v) is 12.9. The van der Waals surface area contributed by atoms with Crippen LogP contribution >= 0.6 is 12.4 Å². The van der Waals surface area contributed by atoms with Gasteiger partial charge in [-0.2, -0.15) is 4.98 Å². The monoisotopic (exact) mass is 305 g/mol. The lowest BCUT2D eigenvalue weighted by atomic mass is 9.77. The van der Waals surface area contributed by atoms with Gasteiger partial charge in [0, 0.05) is 0 Å². The van der Waals surface area contributed by atoms with Gasteiger partial charge in [-0.25, -0.2) is 0 Å². The van der Waals surface area contributed by atoms with Gasteiger partial charge in [-0.1, -0.05) is 29.4 Å². The molecule has 4 rings (SSSR count). The van der Waals surface area contributed by atoms with Gasteiger partial charge in [0.25, 0.3) is 0 Å². The molecule has 0 bridgehead atoms. The molecule has 2 N–H and O–H groups in total. The number of hydrogen-bond acceptors (Lipinski definition) is 4. The third-order valence-electron chi connectivity index (χ3n) is 4.94. The molecule has 0 aliphatic heterocycles. The number of nitrogens with zero attached hydrogens (tertiary/aromatic N) is 2. The van der Waals surface area contributed by atoms with Crippen molar-refractivity contribution in [3.8, 4) is 0 Å². The van der Waals surface area contributed by atoms with Gasteiger partial charge in [-0.3, -0.25) is 0 Å². The standard InChI is InChI=1S/C16H19N3O.ClH/c1-11-5-2-3-6-12(11)15(9-10-15)14-18-13(19-20-14)16(17)7-4-8-16;/h2-3,5-6H,4,7-10,17H2,1H3;1H. The minimum atomic E-state index is -0.344. The summed E-state index contributed by atoms with van der Waals surface area (Å²) in [4.78, 5) is 4.65. The van der Waals surface area contributed by atoms with Crippen molar-refractivity contribution in [2.75, 3.05) is 0 Å². The van der Waals surface area contributed by atoms with Crippen LogP contribution in [0.3, 0.4) is 0 Å². The number of nitrogens with two attached hydrogens (primary N) is 1. The second-order valence-corrected chi connectivity index (χ2v) is 6.33. The number of rotatable bonds is 3. The van der Waals surface area contributed by atoms with Crippen LogP contribution in [0.15, 0.2) is 28.8 Å². The topological polar surface area (TPSA) is 64.9 Å². The van der Waals surface area contributed by atoms with Crippen LogP contribution in [0.25, 0.3) is 0 Å².